The molecule has 0 saturated heterocycles. The number of nitrogens with two attached hydrogens (primary N) is 1. The second-order valence-corrected chi connectivity index (χ2v) is 9.65. The number of Topliss-reactive ketones (excluding diaryl/α,β-unsaturated/α-hetero) is 2. The van der Waals surface area contributed by atoms with Gasteiger partial charge in [-0.2, -0.15) is 0 Å². The molecule has 4 atom stereocenters. The van der Waals surface area contributed by atoms with Gasteiger partial charge in [0.15, 0.2) is 23.5 Å². The first kappa shape index (κ1) is 22.1. The zero-order valence-corrected chi connectivity index (χ0v) is 19.3. The monoisotopic (exact) mass is 466 g/mol. The van der Waals surface area contributed by atoms with Gasteiger partial charge < -0.3 is 25.3 Å². The minimum atomic E-state index is -1.22. The van der Waals surface area contributed by atoms with Gasteiger partial charge in [0.05, 0.1) is 17.5 Å². The zero-order valence-electron chi connectivity index (χ0n) is 19.3. The van der Waals surface area contributed by atoms with E-state index < -0.39 is 46.7 Å². The fourth-order valence-electron chi connectivity index (χ4n) is 6.04. The van der Waals surface area contributed by atoms with Gasteiger partial charge in [-0.1, -0.05) is 0 Å². The van der Waals surface area contributed by atoms with Gasteiger partial charge in [-0.15, -0.1) is 0 Å². The van der Waals surface area contributed by atoms with E-state index in [1.165, 1.54) is 6.39 Å². The van der Waals surface area contributed by atoms with Crippen LogP contribution in [0.25, 0.3) is 16.9 Å². The number of carbonyl (C=O) groups is 3. The van der Waals surface area contributed by atoms with Gasteiger partial charge in [0.1, 0.15) is 22.6 Å². The Morgan fingerprint density at radius 2 is 1.88 bits per heavy atom. The van der Waals surface area contributed by atoms with Crippen LogP contribution in [0, 0.1) is 17.8 Å². The number of rotatable bonds is 3. The molecule has 1 aromatic heterocycles. The number of fused-ring (bicyclic) bond motifs is 5. The Morgan fingerprint density at radius 1 is 1.18 bits per heavy atom. The van der Waals surface area contributed by atoms with Gasteiger partial charge in [-0.3, -0.25) is 19.3 Å². The fraction of sp³-hybridized carbons (Fsp3) is 0.417. The highest BCUT2D eigenvalue weighted by molar-refractivity contribution is 6.28. The summed E-state index contributed by atoms with van der Waals surface area (Å²) in [4.78, 5) is 46.9. The largest absolute Gasteiger partial charge is 0.510 e. The predicted molar refractivity (Wildman–Crippen MR) is 123 cm³/mol. The zero-order chi connectivity index (χ0) is 24.6. The fourth-order valence-corrected chi connectivity index (χ4v) is 6.04. The molecule has 1 amide bonds. The van der Waals surface area contributed by atoms with Crippen molar-refractivity contribution in [1.82, 2.24) is 9.88 Å². The van der Waals surface area contributed by atoms with Crippen molar-refractivity contribution in [3.05, 3.63) is 40.5 Å². The highest BCUT2D eigenvalue weighted by Crippen LogP contribution is 2.51. The van der Waals surface area contributed by atoms with Crippen LogP contribution in [0.5, 0.6) is 0 Å². The summed E-state index contributed by atoms with van der Waals surface area (Å²) < 4.78 is 5.56. The minimum Gasteiger partial charge on any atom is -0.510 e. The molecule has 3 aliphatic rings. The number of anilines is 1. The summed E-state index contributed by atoms with van der Waals surface area (Å²) in [6.45, 7) is 0. The van der Waals surface area contributed by atoms with Crippen LogP contribution in [-0.2, 0) is 20.8 Å². The number of oxazole rings is 1. The summed E-state index contributed by atoms with van der Waals surface area (Å²) >= 11 is 0. The number of aromatic nitrogens is 1. The standard InChI is InChI=1S/C24H26N4O6/c1-27(2)13-7-12-23(34-8-26-12)16-10(13)5-9-6-11-15(19(29)14(9)20(16)30)21(31)17(24(25)33)22(32)18(11)28(3)4/h7-9,11,15,18,30,32H,5-6H2,1-4H3,(H2,25,33). The number of allylic oxidation sites excluding steroid dienone is 1. The van der Waals surface area contributed by atoms with E-state index in [0.717, 1.165) is 11.3 Å². The van der Waals surface area contributed by atoms with Gasteiger partial charge in [-0.05, 0) is 50.4 Å². The average molecular weight is 466 g/mol. The highest BCUT2D eigenvalue weighted by atomic mass is 16.3. The Labute approximate surface area is 195 Å². The maximum absolute atomic E-state index is 13.8. The van der Waals surface area contributed by atoms with E-state index in [0.29, 0.717) is 29.5 Å². The Kier molecular flexibility index (Phi) is 4.84. The molecule has 0 aliphatic heterocycles. The number of benzene rings is 1. The predicted octanol–water partition coefficient (Wildman–Crippen LogP) is 1.35. The molecule has 10 nitrogen and oxygen atoms in total. The van der Waals surface area contributed by atoms with Gasteiger partial charge in [0, 0.05) is 25.4 Å². The molecule has 1 saturated carbocycles. The van der Waals surface area contributed by atoms with Crippen molar-refractivity contribution in [3.8, 4) is 0 Å². The first-order valence-corrected chi connectivity index (χ1v) is 11.0. The van der Waals surface area contributed by atoms with E-state index in [-0.39, 0.29) is 17.3 Å². The Morgan fingerprint density at radius 3 is 2.50 bits per heavy atom. The van der Waals surface area contributed by atoms with Crippen molar-refractivity contribution in [2.24, 2.45) is 23.5 Å². The van der Waals surface area contributed by atoms with Crippen molar-refractivity contribution in [3.63, 3.8) is 0 Å². The summed E-state index contributed by atoms with van der Waals surface area (Å²) in [5.41, 5.74) is 7.99. The van der Waals surface area contributed by atoms with E-state index in [1.807, 2.05) is 25.1 Å². The van der Waals surface area contributed by atoms with Gasteiger partial charge in [0.25, 0.3) is 5.91 Å². The summed E-state index contributed by atoms with van der Waals surface area (Å²) in [5, 5.41) is 22.2. The first-order chi connectivity index (χ1) is 16.0. The van der Waals surface area contributed by atoms with Crippen LogP contribution in [0.4, 0.5) is 5.69 Å². The number of carbonyl (C=O) groups excluding carboxylic acids is 3. The van der Waals surface area contributed by atoms with E-state index >= 15 is 0 Å². The molecule has 0 spiro atoms. The van der Waals surface area contributed by atoms with E-state index in [9.17, 15) is 24.6 Å². The van der Waals surface area contributed by atoms with Gasteiger partial charge in [-0.25, -0.2) is 4.98 Å². The van der Waals surface area contributed by atoms with Crippen LogP contribution in [0.2, 0.25) is 0 Å². The number of aliphatic hydroxyl groups excluding tert-OH is 2. The number of primary amides is 1. The summed E-state index contributed by atoms with van der Waals surface area (Å²) in [7, 11) is 7.19. The highest BCUT2D eigenvalue weighted by Gasteiger charge is 2.55. The summed E-state index contributed by atoms with van der Waals surface area (Å²) in [6, 6.07) is 1.15. The number of hydrogen-bond donors (Lipinski definition) is 3. The second kappa shape index (κ2) is 7.42. The van der Waals surface area contributed by atoms with E-state index in [1.54, 1.807) is 19.0 Å². The molecule has 1 aromatic carbocycles. The quantitative estimate of drug-likeness (QED) is 0.450. The van der Waals surface area contributed by atoms with Crippen molar-refractivity contribution < 1.29 is 29.0 Å². The van der Waals surface area contributed by atoms with Crippen LogP contribution in [0.15, 0.2) is 33.8 Å². The van der Waals surface area contributed by atoms with Crippen LogP contribution < -0.4 is 10.6 Å². The summed E-state index contributed by atoms with van der Waals surface area (Å²) in [5.74, 6) is -5.21. The van der Waals surface area contributed by atoms with Crippen LogP contribution in [0.1, 0.15) is 17.5 Å². The number of likely N-dealkylation sites (N-methyl/N-ethyl adjacent to an activating group) is 1. The molecule has 3 aliphatic carbocycles. The van der Waals surface area contributed by atoms with Crippen molar-refractivity contribution >= 4 is 40.0 Å². The number of ketones is 2. The Hall–Kier alpha value is -3.66. The van der Waals surface area contributed by atoms with Crippen molar-refractivity contribution in [1.29, 1.82) is 0 Å². The topological polar surface area (TPSA) is 150 Å². The van der Waals surface area contributed by atoms with Crippen LogP contribution >= 0.6 is 0 Å². The number of aliphatic hydroxyl groups is 2. The minimum absolute atomic E-state index is 0.151. The molecular formula is C24H26N4O6. The molecule has 4 N–H and O–H groups in total. The number of amides is 1. The average Bonchev–Trinajstić information content (AvgIpc) is 3.20. The Balaban J connectivity index is 1.73. The molecular weight excluding hydrogens is 440 g/mol. The van der Waals surface area contributed by atoms with Crippen LogP contribution in [0.3, 0.4) is 0 Å². The smallest absolute Gasteiger partial charge is 0.255 e. The third-order valence-corrected chi connectivity index (χ3v) is 7.35. The molecule has 10 heteroatoms. The molecule has 2 aromatic rings. The van der Waals surface area contributed by atoms with E-state index in [2.05, 4.69) is 4.98 Å². The molecule has 0 bridgehead atoms. The maximum Gasteiger partial charge on any atom is 0.255 e. The normalized spacial score (nSPS) is 26.6. The number of hydrogen-bond acceptors (Lipinski definition) is 9. The third kappa shape index (κ3) is 2.84. The maximum atomic E-state index is 13.8. The molecule has 5 rings (SSSR count). The van der Waals surface area contributed by atoms with E-state index in [4.69, 9.17) is 10.2 Å². The molecule has 4 unspecified atom stereocenters. The lowest BCUT2D eigenvalue weighted by atomic mass is 9.59. The van der Waals surface area contributed by atoms with Crippen molar-refractivity contribution in [2.75, 3.05) is 33.1 Å². The molecule has 178 valence electrons. The van der Waals surface area contributed by atoms with Gasteiger partial charge in [0.2, 0.25) is 0 Å². The van der Waals surface area contributed by atoms with Crippen LogP contribution in [-0.4, -0.2) is 71.8 Å². The van der Waals surface area contributed by atoms with Gasteiger partial charge >= 0.3 is 0 Å². The summed E-state index contributed by atoms with van der Waals surface area (Å²) in [6.07, 6.45) is 2.09. The third-order valence-electron chi connectivity index (χ3n) is 7.35. The van der Waals surface area contributed by atoms with Crippen molar-refractivity contribution in [2.45, 2.75) is 18.9 Å². The lowest BCUT2D eigenvalue weighted by Crippen LogP contribution is -2.55. The number of nitrogens with zero attached hydrogens (tertiary/aromatic N) is 3. The molecule has 0 radical (unpaired) electrons. The SMILES string of the molecule is CN(C)c1cc2ncoc2c2c1CC1CC3C(C(=O)C(C(N)=O)=C(O)C3N(C)C)C(=O)C1=C2O. The second-order valence-electron chi connectivity index (χ2n) is 9.65. The molecule has 1 fully saturated rings. The first-order valence-electron chi connectivity index (χ1n) is 11.0. The molecule has 1 heterocycles. The lowest BCUT2D eigenvalue weighted by Gasteiger charge is -2.46. The Bertz CT molecular complexity index is 1330. The molecule has 34 heavy (non-hydrogen) atoms. The lowest BCUT2D eigenvalue weighted by molar-refractivity contribution is -0.136.